The van der Waals surface area contributed by atoms with Gasteiger partial charge < -0.3 is 9.32 Å². The molecule has 2 N–H and O–H groups in total. The van der Waals surface area contributed by atoms with Crippen molar-refractivity contribution in [1.82, 2.24) is 4.90 Å². The number of hydrogen-bond donors (Lipinski definition) is 1. The molecule has 1 fully saturated rings. The zero-order valence-electron chi connectivity index (χ0n) is 13.2. The Bertz CT molecular complexity index is 810. The van der Waals surface area contributed by atoms with Gasteiger partial charge in [-0.15, -0.1) is 0 Å². The molecule has 1 amide bonds. The summed E-state index contributed by atoms with van der Waals surface area (Å²) >= 11 is 0. The van der Waals surface area contributed by atoms with E-state index in [1.54, 1.807) is 4.90 Å². The first-order chi connectivity index (χ1) is 11.4. The van der Waals surface area contributed by atoms with E-state index in [2.05, 4.69) is 0 Å². The smallest absolute Gasteiger partial charge is 0.271 e. The molecule has 1 saturated carbocycles. The number of carbonyl (C=O) groups is 1. The van der Waals surface area contributed by atoms with Crippen molar-refractivity contribution in [2.24, 2.45) is 11.1 Å². The summed E-state index contributed by atoms with van der Waals surface area (Å²) in [5.41, 5.74) is 1.23. The molecule has 1 aromatic carbocycles. The van der Waals surface area contributed by atoms with Gasteiger partial charge in [-0.05, 0) is 24.3 Å². The first kappa shape index (κ1) is 16.7. The Morgan fingerprint density at radius 1 is 1.25 bits per heavy atom. The van der Waals surface area contributed by atoms with Crippen LogP contribution in [0.25, 0.3) is 0 Å². The summed E-state index contributed by atoms with van der Waals surface area (Å²) in [6, 6.07) is 10.9. The third-order valence-electron chi connectivity index (χ3n) is 4.31. The summed E-state index contributed by atoms with van der Waals surface area (Å²) in [6.07, 6.45) is 4.58. The number of nitrogens with two attached hydrogens (primary N) is 1. The highest BCUT2D eigenvalue weighted by Gasteiger charge is 2.26. The first-order valence-corrected chi connectivity index (χ1v) is 9.42. The molecule has 1 aliphatic carbocycles. The fourth-order valence-electron chi connectivity index (χ4n) is 2.77. The van der Waals surface area contributed by atoms with Gasteiger partial charge in [-0.3, -0.25) is 4.79 Å². The van der Waals surface area contributed by atoms with Gasteiger partial charge in [0.05, 0.1) is 5.56 Å². The molecule has 0 aliphatic heterocycles. The van der Waals surface area contributed by atoms with E-state index in [-0.39, 0.29) is 11.5 Å². The van der Waals surface area contributed by atoms with Gasteiger partial charge in [0.2, 0.25) is 5.09 Å². The van der Waals surface area contributed by atoms with Gasteiger partial charge >= 0.3 is 0 Å². The molecule has 0 atom stereocenters. The number of primary sulfonamides is 1. The predicted octanol–water partition coefficient (Wildman–Crippen LogP) is 2.37. The molecule has 0 saturated heterocycles. The van der Waals surface area contributed by atoms with Gasteiger partial charge in [-0.25, -0.2) is 13.6 Å². The molecule has 24 heavy (non-hydrogen) atoms. The van der Waals surface area contributed by atoms with E-state index in [9.17, 15) is 13.2 Å². The van der Waals surface area contributed by atoms with Crippen LogP contribution in [-0.4, -0.2) is 25.8 Å². The van der Waals surface area contributed by atoms with E-state index < -0.39 is 15.1 Å². The van der Waals surface area contributed by atoms with Crippen LogP contribution < -0.4 is 5.14 Å². The highest BCUT2D eigenvalue weighted by atomic mass is 32.2. The molecule has 1 heterocycles. The first-order valence-electron chi connectivity index (χ1n) is 7.88. The summed E-state index contributed by atoms with van der Waals surface area (Å²) in [4.78, 5) is 14.5. The number of rotatable bonds is 6. The lowest BCUT2D eigenvalue weighted by Gasteiger charge is -2.32. The normalized spacial score (nSPS) is 15.0. The van der Waals surface area contributed by atoms with Crippen LogP contribution in [0.3, 0.4) is 0 Å². The number of amides is 1. The Labute approximate surface area is 141 Å². The second kappa shape index (κ2) is 6.78. The molecule has 3 rings (SSSR count). The molecule has 128 valence electrons. The number of benzene rings is 1. The number of furan rings is 1. The molecule has 0 bridgehead atoms. The van der Waals surface area contributed by atoms with Gasteiger partial charge in [-0.2, -0.15) is 0 Å². The molecule has 1 aromatic heterocycles. The van der Waals surface area contributed by atoms with Gasteiger partial charge in [0.1, 0.15) is 6.26 Å². The SMILES string of the molecule is NS(=O)(=O)c1cc(C(=O)N(Cc2ccccc2)CC2CCC2)co1. The van der Waals surface area contributed by atoms with Gasteiger partial charge in [0, 0.05) is 19.2 Å². The van der Waals surface area contributed by atoms with Crippen LogP contribution in [-0.2, 0) is 16.6 Å². The minimum Gasteiger partial charge on any atom is -0.451 e. The molecule has 7 heteroatoms. The summed E-state index contributed by atoms with van der Waals surface area (Å²) < 4.78 is 27.6. The van der Waals surface area contributed by atoms with E-state index in [1.165, 1.54) is 12.5 Å². The largest absolute Gasteiger partial charge is 0.451 e. The van der Waals surface area contributed by atoms with Crippen molar-refractivity contribution in [3.63, 3.8) is 0 Å². The summed E-state index contributed by atoms with van der Waals surface area (Å²) in [5.74, 6) is 0.256. The lowest BCUT2D eigenvalue weighted by molar-refractivity contribution is 0.0679. The quantitative estimate of drug-likeness (QED) is 0.867. The number of nitrogens with zero attached hydrogens (tertiary/aromatic N) is 1. The van der Waals surface area contributed by atoms with Crippen LogP contribution in [0.2, 0.25) is 0 Å². The topological polar surface area (TPSA) is 93.6 Å². The van der Waals surface area contributed by atoms with E-state index >= 15 is 0 Å². The second-order valence-electron chi connectivity index (χ2n) is 6.17. The minimum absolute atomic E-state index is 0.203. The highest BCUT2D eigenvalue weighted by molar-refractivity contribution is 7.89. The predicted molar refractivity (Wildman–Crippen MR) is 88.6 cm³/mol. The molecular formula is C17H20N2O4S. The molecule has 0 spiro atoms. The molecular weight excluding hydrogens is 328 g/mol. The maximum absolute atomic E-state index is 12.8. The van der Waals surface area contributed by atoms with Crippen molar-refractivity contribution in [2.75, 3.05) is 6.54 Å². The fourth-order valence-corrected chi connectivity index (χ4v) is 3.24. The maximum atomic E-state index is 12.8. The van der Waals surface area contributed by atoms with Crippen LogP contribution in [0.1, 0.15) is 35.2 Å². The van der Waals surface area contributed by atoms with Crippen LogP contribution >= 0.6 is 0 Å². The number of hydrogen-bond acceptors (Lipinski definition) is 4. The Kier molecular flexibility index (Phi) is 4.73. The highest BCUT2D eigenvalue weighted by Crippen LogP contribution is 2.28. The van der Waals surface area contributed by atoms with Gasteiger partial charge in [0.25, 0.3) is 15.9 Å². The minimum atomic E-state index is -3.95. The third kappa shape index (κ3) is 3.85. The zero-order valence-corrected chi connectivity index (χ0v) is 14.0. The number of carbonyl (C=O) groups excluding carboxylic acids is 1. The second-order valence-corrected chi connectivity index (χ2v) is 7.66. The van der Waals surface area contributed by atoms with E-state index in [0.717, 1.165) is 24.7 Å². The van der Waals surface area contributed by atoms with Crippen molar-refractivity contribution in [3.05, 3.63) is 53.8 Å². The molecule has 2 aromatic rings. The van der Waals surface area contributed by atoms with Crippen molar-refractivity contribution in [3.8, 4) is 0 Å². The van der Waals surface area contributed by atoms with Crippen molar-refractivity contribution in [2.45, 2.75) is 30.9 Å². The van der Waals surface area contributed by atoms with Crippen LogP contribution in [0.4, 0.5) is 0 Å². The standard InChI is InChI=1S/C17H20N2O4S/c18-24(21,22)16-9-15(12-23-16)17(20)19(11-14-7-4-8-14)10-13-5-2-1-3-6-13/h1-3,5-6,9,12,14H,4,7-8,10-11H2,(H2,18,21,22). The average molecular weight is 348 g/mol. The molecule has 6 nitrogen and oxygen atoms in total. The van der Waals surface area contributed by atoms with Gasteiger partial charge in [0.15, 0.2) is 0 Å². The molecule has 0 unspecified atom stereocenters. The fraction of sp³-hybridized carbons (Fsp3) is 0.353. The van der Waals surface area contributed by atoms with E-state index in [0.29, 0.717) is 19.0 Å². The van der Waals surface area contributed by atoms with Crippen LogP contribution in [0.5, 0.6) is 0 Å². The van der Waals surface area contributed by atoms with Crippen molar-refractivity contribution in [1.29, 1.82) is 0 Å². The lowest BCUT2D eigenvalue weighted by atomic mass is 9.85. The third-order valence-corrected chi connectivity index (χ3v) is 5.08. The van der Waals surface area contributed by atoms with E-state index in [4.69, 9.17) is 9.56 Å². The van der Waals surface area contributed by atoms with Gasteiger partial charge in [-0.1, -0.05) is 36.8 Å². The Balaban J connectivity index is 1.80. The summed E-state index contributed by atoms with van der Waals surface area (Å²) in [5, 5.41) is 4.64. The molecule has 1 aliphatic rings. The molecule has 0 radical (unpaired) electrons. The Morgan fingerprint density at radius 3 is 2.50 bits per heavy atom. The summed E-state index contributed by atoms with van der Waals surface area (Å²) in [6.45, 7) is 1.13. The van der Waals surface area contributed by atoms with Crippen LogP contribution in [0, 0.1) is 5.92 Å². The Hall–Kier alpha value is -2.12. The Morgan fingerprint density at radius 2 is 1.96 bits per heavy atom. The lowest BCUT2D eigenvalue weighted by Crippen LogP contribution is -2.36. The summed E-state index contributed by atoms with van der Waals surface area (Å²) in [7, 11) is -3.95. The van der Waals surface area contributed by atoms with Crippen LogP contribution in [0.15, 0.2) is 52.2 Å². The van der Waals surface area contributed by atoms with Crippen molar-refractivity contribution >= 4 is 15.9 Å². The maximum Gasteiger partial charge on any atom is 0.271 e. The number of sulfonamides is 1. The monoisotopic (exact) mass is 348 g/mol. The van der Waals surface area contributed by atoms with Crippen molar-refractivity contribution < 1.29 is 17.6 Å². The average Bonchev–Trinajstić information content (AvgIpc) is 3.00. The van der Waals surface area contributed by atoms with E-state index in [1.807, 2.05) is 30.3 Å². The zero-order chi connectivity index (χ0) is 17.2.